The van der Waals surface area contributed by atoms with Gasteiger partial charge in [0.05, 0.1) is 0 Å². The van der Waals surface area contributed by atoms with Crippen LogP contribution in [0.15, 0.2) is 24.3 Å². The molecule has 1 radical (unpaired) electrons. The number of rotatable bonds is 3. The summed E-state index contributed by atoms with van der Waals surface area (Å²) in [5.74, 6) is 0.287. The smallest absolute Gasteiger partial charge is 0.165 e. The van der Waals surface area contributed by atoms with Crippen molar-refractivity contribution in [2.24, 2.45) is 5.92 Å². The van der Waals surface area contributed by atoms with Gasteiger partial charge in [-0.25, -0.2) is 0 Å². The maximum atomic E-state index is 11.7. The van der Waals surface area contributed by atoms with Crippen molar-refractivity contribution in [3.63, 3.8) is 0 Å². The van der Waals surface area contributed by atoms with Crippen molar-refractivity contribution >= 4 is 5.78 Å². The Hall–Kier alpha value is -1.11. The van der Waals surface area contributed by atoms with Gasteiger partial charge < -0.3 is 0 Å². The summed E-state index contributed by atoms with van der Waals surface area (Å²) in [4.78, 5) is 11.7. The van der Waals surface area contributed by atoms with E-state index in [0.29, 0.717) is 0 Å². The van der Waals surface area contributed by atoms with E-state index in [1.807, 2.05) is 51.5 Å². The summed E-state index contributed by atoms with van der Waals surface area (Å²) < 4.78 is 0. The zero-order valence-electron chi connectivity index (χ0n) is 8.37. The average Bonchev–Trinajstić information content (AvgIpc) is 2.16. The Kier molecular flexibility index (Phi) is 3.24. The second-order valence-electron chi connectivity index (χ2n) is 3.39. The van der Waals surface area contributed by atoms with Crippen molar-refractivity contribution in [2.45, 2.75) is 20.8 Å². The number of carbonyl (C=O) groups excluding carboxylic acids is 1. The summed E-state index contributed by atoms with van der Waals surface area (Å²) in [5.41, 5.74) is 1.86. The maximum absolute atomic E-state index is 11.7. The van der Waals surface area contributed by atoms with Gasteiger partial charge in [-0.15, -0.1) is 0 Å². The lowest BCUT2D eigenvalue weighted by Gasteiger charge is -2.08. The topological polar surface area (TPSA) is 17.1 Å². The van der Waals surface area contributed by atoms with Crippen LogP contribution in [0.1, 0.15) is 36.7 Å². The van der Waals surface area contributed by atoms with Crippen molar-refractivity contribution < 1.29 is 4.79 Å². The summed E-state index contributed by atoms with van der Waals surface area (Å²) in [6.07, 6.45) is 1.97. The van der Waals surface area contributed by atoms with Crippen LogP contribution in [-0.4, -0.2) is 5.78 Å². The molecule has 1 heteroatoms. The molecule has 0 N–H and O–H groups in total. The highest BCUT2D eigenvalue weighted by atomic mass is 16.1. The summed E-state index contributed by atoms with van der Waals surface area (Å²) in [6, 6.07) is 7.71. The lowest BCUT2D eigenvalue weighted by Crippen LogP contribution is -2.09. The van der Waals surface area contributed by atoms with Gasteiger partial charge in [-0.1, -0.05) is 45.0 Å². The molecule has 0 heterocycles. The fourth-order valence-electron chi connectivity index (χ4n) is 1.28. The third-order valence-electron chi connectivity index (χ3n) is 2.06. The van der Waals surface area contributed by atoms with Crippen molar-refractivity contribution in [1.29, 1.82) is 0 Å². The SMILES string of the molecule is C[CH]c1ccccc1C(=O)C(C)C. The van der Waals surface area contributed by atoms with E-state index in [2.05, 4.69) is 0 Å². The lowest BCUT2D eigenvalue weighted by atomic mass is 9.95. The number of carbonyl (C=O) groups is 1. The molecule has 0 bridgehead atoms. The Balaban J connectivity index is 3.06. The molecule has 1 aromatic carbocycles. The lowest BCUT2D eigenvalue weighted by molar-refractivity contribution is 0.0939. The first-order chi connectivity index (χ1) is 6.16. The Morgan fingerprint density at radius 1 is 1.31 bits per heavy atom. The first kappa shape index (κ1) is 9.97. The van der Waals surface area contributed by atoms with E-state index in [4.69, 9.17) is 0 Å². The number of hydrogen-bond acceptors (Lipinski definition) is 1. The molecule has 0 aromatic heterocycles. The van der Waals surface area contributed by atoms with Gasteiger partial charge in [0, 0.05) is 11.5 Å². The van der Waals surface area contributed by atoms with Crippen LogP contribution in [-0.2, 0) is 0 Å². The predicted octanol–water partition coefficient (Wildman–Crippen LogP) is 3.10. The number of ketones is 1. The van der Waals surface area contributed by atoms with Crippen LogP contribution in [0.25, 0.3) is 0 Å². The average molecular weight is 175 g/mol. The quantitative estimate of drug-likeness (QED) is 0.645. The molecule has 1 rings (SSSR count). The summed E-state index contributed by atoms with van der Waals surface area (Å²) in [6.45, 7) is 5.80. The molecule has 1 nitrogen and oxygen atoms in total. The van der Waals surface area contributed by atoms with E-state index in [1.54, 1.807) is 0 Å². The molecule has 0 atom stereocenters. The highest BCUT2D eigenvalue weighted by Gasteiger charge is 2.12. The van der Waals surface area contributed by atoms with Crippen LogP contribution in [0.3, 0.4) is 0 Å². The Morgan fingerprint density at radius 2 is 1.92 bits per heavy atom. The molecule has 0 aliphatic heterocycles. The maximum Gasteiger partial charge on any atom is 0.165 e. The fourth-order valence-corrected chi connectivity index (χ4v) is 1.28. The molecular weight excluding hydrogens is 160 g/mol. The van der Waals surface area contributed by atoms with Gasteiger partial charge in [0.25, 0.3) is 0 Å². The summed E-state index contributed by atoms with van der Waals surface area (Å²) in [7, 11) is 0. The molecule has 0 unspecified atom stereocenters. The normalized spacial score (nSPS) is 10.5. The van der Waals surface area contributed by atoms with E-state index in [1.165, 1.54) is 0 Å². The third-order valence-corrected chi connectivity index (χ3v) is 2.06. The van der Waals surface area contributed by atoms with Crippen molar-refractivity contribution in [2.75, 3.05) is 0 Å². The molecule has 69 valence electrons. The van der Waals surface area contributed by atoms with Crippen LogP contribution in [0.5, 0.6) is 0 Å². The van der Waals surface area contributed by atoms with E-state index in [0.717, 1.165) is 11.1 Å². The van der Waals surface area contributed by atoms with Gasteiger partial charge in [0.2, 0.25) is 0 Å². The highest BCUT2D eigenvalue weighted by molar-refractivity contribution is 5.99. The summed E-state index contributed by atoms with van der Waals surface area (Å²) in [5, 5.41) is 0. The van der Waals surface area contributed by atoms with Crippen LogP contribution in [0.4, 0.5) is 0 Å². The largest absolute Gasteiger partial charge is 0.294 e. The second-order valence-corrected chi connectivity index (χ2v) is 3.39. The Morgan fingerprint density at radius 3 is 2.46 bits per heavy atom. The number of hydrogen-bond donors (Lipinski definition) is 0. The van der Waals surface area contributed by atoms with E-state index < -0.39 is 0 Å². The van der Waals surface area contributed by atoms with Gasteiger partial charge in [-0.2, -0.15) is 0 Å². The number of benzene rings is 1. The molecule has 1 aromatic rings. The molecule has 0 saturated heterocycles. The van der Waals surface area contributed by atoms with E-state index in [-0.39, 0.29) is 11.7 Å². The molecule has 0 amide bonds. The molecule has 0 spiro atoms. The minimum Gasteiger partial charge on any atom is -0.294 e. The molecule has 13 heavy (non-hydrogen) atoms. The Labute approximate surface area is 79.8 Å². The molecule has 0 aliphatic carbocycles. The van der Waals surface area contributed by atoms with Crippen LogP contribution < -0.4 is 0 Å². The Bertz CT molecular complexity index is 300. The van der Waals surface area contributed by atoms with Gasteiger partial charge in [0.15, 0.2) is 5.78 Å². The molecule has 0 fully saturated rings. The highest BCUT2D eigenvalue weighted by Crippen LogP contribution is 2.15. The monoisotopic (exact) mass is 175 g/mol. The van der Waals surface area contributed by atoms with Crippen LogP contribution >= 0.6 is 0 Å². The number of Topliss-reactive ketones (excluding diaryl/α,β-unsaturated/α-hetero) is 1. The predicted molar refractivity (Wildman–Crippen MR) is 54.7 cm³/mol. The first-order valence-electron chi connectivity index (χ1n) is 4.59. The van der Waals surface area contributed by atoms with Crippen LogP contribution in [0, 0.1) is 12.3 Å². The molecule has 0 saturated carbocycles. The van der Waals surface area contributed by atoms with Gasteiger partial charge in [-0.05, 0) is 12.0 Å². The standard InChI is InChI=1S/C12H15O/c1-4-10-7-5-6-8-11(10)12(13)9(2)3/h4-9H,1-3H3. The summed E-state index contributed by atoms with van der Waals surface area (Å²) >= 11 is 0. The van der Waals surface area contributed by atoms with Gasteiger partial charge in [0.1, 0.15) is 0 Å². The fraction of sp³-hybridized carbons (Fsp3) is 0.333. The second kappa shape index (κ2) is 4.22. The van der Waals surface area contributed by atoms with Crippen molar-refractivity contribution in [3.8, 4) is 0 Å². The third kappa shape index (κ3) is 2.18. The zero-order chi connectivity index (χ0) is 9.84. The van der Waals surface area contributed by atoms with Crippen molar-refractivity contribution in [3.05, 3.63) is 41.8 Å². The minimum absolute atomic E-state index is 0.0705. The van der Waals surface area contributed by atoms with Gasteiger partial charge >= 0.3 is 0 Å². The molecule has 0 aliphatic rings. The van der Waals surface area contributed by atoms with Gasteiger partial charge in [-0.3, -0.25) is 4.79 Å². The van der Waals surface area contributed by atoms with E-state index in [9.17, 15) is 4.79 Å². The first-order valence-corrected chi connectivity index (χ1v) is 4.59. The minimum atomic E-state index is 0.0705. The van der Waals surface area contributed by atoms with Crippen LogP contribution in [0.2, 0.25) is 0 Å². The van der Waals surface area contributed by atoms with Crippen molar-refractivity contribution in [1.82, 2.24) is 0 Å². The molecular formula is C12H15O. The zero-order valence-corrected chi connectivity index (χ0v) is 8.37. The van der Waals surface area contributed by atoms with E-state index >= 15 is 0 Å².